The first-order valence-electron chi connectivity index (χ1n) is 10.6. The van der Waals surface area contributed by atoms with Crippen molar-refractivity contribution in [1.29, 1.82) is 0 Å². The standard InChI is InChI=1S/C21H42O5/c1-4-6-8-10-14-23-16-18-25-19-17-24-15-11-13-21(22)26-20(3)12-9-7-5-2/h20H,4-19H2,1-3H3. The lowest BCUT2D eigenvalue weighted by molar-refractivity contribution is -0.149. The number of esters is 1. The summed E-state index contributed by atoms with van der Waals surface area (Å²) in [7, 11) is 0. The summed E-state index contributed by atoms with van der Waals surface area (Å²) >= 11 is 0. The molecule has 0 radical (unpaired) electrons. The van der Waals surface area contributed by atoms with Gasteiger partial charge in [0.2, 0.25) is 0 Å². The number of hydrogen-bond donors (Lipinski definition) is 0. The predicted molar refractivity (Wildman–Crippen MR) is 106 cm³/mol. The molecule has 26 heavy (non-hydrogen) atoms. The smallest absolute Gasteiger partial charge is 0.306 e. The minimum Gasteiger partial charge on any atom is -0.463 e. The van der Waals surface area contributed by atoms with Crippen molar-refractivity contribution in [1.82, 2.24) is 0 Å². The third kappa shape index (κ3) is 19.7. The van der Waals surface area contributed by atoms with Gasteiger partial charge in [0.05, 0.1) is 32.5 Å². The molecule has 5 nitrogen and oxygen atoms in total. The van der Waals surface area contributed by atoms with E-state index in [-0.39, 0.29) is 12.1 Å². The van der Waals surface area contributed by atoms with E-state index >= 15 is 0 Å². The summed E-state index contributed by atoms with van der Waals surface area (Å²) in [5.74, 6) is -0.120. The second-order valence-electron chi connectivity index (χ2n) is 6.80. The largest absolute Gasteiger partial charge is 0.463 e. The fourth-order valence-corrected chi connectivity index (χ4v) is 2.52. The molecule has 0 spiro atoms. The van der Waals surface area contributed by atoms with Crippen LogP contribution in [0.3, 0.4) is 0 Å². The van der Waals surface area contributed by atoms with Gasteiger partial charge in [0.25, 0.3) is 0 Å². The lowest BCUT2D eigenvalue weighted by Crippen LogP contribution is -2.15. The molecule has 0 rings (SSSR count). The van der Waals surface area contributed by atoms with Crippen molar-refractivity contribution in [3.63, 3.8) is 0 Å². The zero-order valence-electron chi connectivity index (χ0n) is 17.4. The van der Waals surface area contributed by atoms with E-state index < -0.39 is 0 Å². The van der Waals surface area contributed by atoms with Gasteiger partial charge < -0.3 is 18.9 Å². The van der Waals surface area contributed by atoms with E-state index in [4.69, 9.17) is 18.9 Å². The van der Waals surface area contributed by atoms with Crippen LogP contribution in [0.2, 0.25) is 0 Å². The minimum absolute atomic E-state index is 0.0252. The summed E-state index contributed by atoms with van der Waals surface area (Å²) in [6.45, 7) is 10.1. The molecule has 0 saturated heterocycles. The number of unbranched alkanes of at least 4 members (excludes halogenated alkanes) is 5. The molecule has 0 aliphatic rings. The number of carbonyl (C=O) groups excluding carboxylic acids is 1. The average Bonchev–Trinajstić information content (AvgIpc) is 2.62. The molecule has 0 N–H and O–H groups in total. The van der Waals surface area contributed by atoms with E-state index in [0.29, 0.717) is 45.9 Å². The molecule has 0 aromatic carbocycles. The van der Waals surface area contributed by atoms with Gasteiger partial charge in [0.1, 0.15) is 0 Å². The van der Waals surface area contributed by atoms with Gasteiger partial charge in [-0.25, -0.2) is 0 Å². The summed E-state index contributed by atoms with van der Waals surface area (Å²) < 4.78 is 21.8. The summed E-state index contributed by atoms with van der Waals surface area (Å²) in [4.78, 5) is 11.7. The van der Waals surface area contributed by atoms with Crippen LogP contribution in [0, 0.1) is 0 Å². The Morgan fingerprint density at radius 1 is 0.692 bits per heavy atom. The summed E-state index contributed by atoms with van der Waals surface area (Å²) in [5, 5.41) is 0. The maximum Gasteiger partial charge on any atom is 0.306 e. The van der Waals surface area contributed by atoms with Gasteiger partial charge in [-0.05, 0) is 32.6 Å². The van der Waals surface area contributed by atoms with Crippen molar-refractivity contribution >= 4 is 5.97 Å². The lowest BCUT2D eigenvalue weighted by atomic mass is 10.1. The average molecular weight is 375 g/mol. The Labute approximate surface area is 161 Å². The van der Waals surface area contributed by atoms with Crippen molar-refractivity contribution in [3.8, 4) is 0 Å². The Bertz CT molecular complexity index is 296. The van der Waals surface area contributed by atoms with Crippen LogP contribution in [0.4, 0.5) is 0 Å². The molecule has 0 heterocycles. The molecule has 0 aromatic heterocycles. The molecular formula is C21H42O5. The normalized spacial score (nSPS) is 12.3. The molecule has 0 aliphatic heterocycles. The Morgan fingerprint density at radius 3 is 1.85 bits per heavy atom. The van der Waals surface area contributed by atoms with Gasteiger partial charge >= 0.3 is 5.97 Å². The van der Waals surface area contributed by atoms with Crippen LogP contribution >= 0.6 is 0 Å². The van der Waals surface area contributed by atoms with Crippen LogP contribution < -0.4 is 0 Å². The summed E-state index contributed by atoms with van der Waals surface area (Å²) in [5.41, 5.74) is 0. The van der Waals surface area contributed by atoms with Gasteiger partial charge in [0, 0.05) is 19.6 Å². The van der Waals surface area contributed by atoms with E-state index in [1.807, 2.05) is 6.92 Å². The summed E-state index contributed by atoms with van der Waals surface area (Å²) in [6.07, 6.45) is 10.5. The molecule has 5 heteroatoms. The zero-order valence-corrected chi connectivity index (χ0v) is 17.4. The monoisotopic (exact) mass is 374 g/mol. The Balaban J connectivity index is 3.22. The van der Waals surface area contributed by atoms with E-state index in [1.165, 1.54) is 32.1 Å². The van der Waals surface area contributed by atoms with E-state index in [9.17, 15) is 4.79 Å². The zero-order chi connectivity index (χ0) is 19.3. The quantitative estimate of drug-likeness (QED) is 0.224. The van der Waals surface area contributed by atoms with E-state index in [0.717, 1.165) is 25.9 Å². The van der Waals surface area contributed by atoms with Crippen molar-refractivity contribution in [2.45, 2.75) is 91.1 Å². The maximum atomic E-state index is 11.7. The summed E-state index contributed by atoms with van der Waals surface area (Å²) in [6, 6.07) is 0. The highest BCUT2D eigenvalue weighted by atomic mass is 16.5. The van der Waals surface area contributed by atoms with Gasteiger partial charge in [0.15, 0.2) is 0 Å². The number of carbonyl (C=O) groups is 1. The number of ether oxygens (including phenoxy) is 4. The van der Waals surface area contributed by atoms with Crippen LogP contribution in [-0.2, 0) is 23.7 Å². The molecule has 1 unspecified atom stereocenters. The lowest BCUT2D eigenvalue weighted by Gasteiger charge is -2.13. The third-order valence-corrected chi connectivity index (χ3v) is 4.10. The van der Waals surface area contributed by atoms with E-state index in [2.05, 4.69) is 13.8 Å². The molecule has 0 aliphatic carbocycles. The second-order valence-corrected chi connectivity index (χ2v) is 6.80. The van der Waals surface area contributed by atoms with Crippen LogP contribution in [0.25, 0.3) is 0 Å². The molecule has 0 bridgehead atoms. The second kappa shape index (κ2) is 20.7. The van der Waals surface area contributed by atoms with Crippen LogP contribution in [-0.4, -0.2) is 51.7 Å². The van der Waals surface area contributed by atoms with Crippen LogP contribution in [0.1, 0.15) is 85.0 Å². The van der Waals surface area contributed by atoms with Gasteiger partial charge in [-0.1, -0.05) is 46.0 Å². The Kier molecular flexibility index (Phi) is 20.1. The van der Waals surface area contributed by atoms with Crippen LogP contribution in [0.15, 0.2) is 0 Å². The Hall–Kier alpha value is -0.650. The van der Waals surface area contributed by atoms with Gasteiger partial charge in [-0.2, -0.15) is 0 Å². The first kappa shape index (κ1) is 25.4. The SMILES string of the molecule is CCCCCCOCCOCCOCCCC(=O)OC(C)CCCCC. The molecule has 0 aromatic rings. The van der Waals surface area contributed by atoms with Crippen molar-refractivity contribution in [2.24, 2.45) is 0 Å². The fourth-order valence-electron chi connectivity index (χ4n) is 2.52. The van der Waals surface area contributed by atoms with Crippen molar-refractivity contribution in [2.75, 3.05) is 39.6 Å². The predicted octanol–water partition coefficient (Wildman–Crippen LogP) is 4.91. The molecular weight excluding hydrogens is 332 g/mol. The van der Waals surface area contributed by atoms with Crippen molar-refractivity contribution in [3.05, 3.63) is 0 Å². The van der Waals surface area contributed by atoms with Gasteiger partial charge in [-0.3, -0.25) is 4.79 Å². The first-order valence-corrected chi connectivity index (χ1v) is 10.6. The minimum atomic E-state index is -0.120. The molecule has 1 atom stereocenters. The number of rotatable bonds is 20. The highest BCUT2D eigenvalue weighted by molar-refractivity contribution is 5.69. The highest BCUT2D eigenvalue weighted by Crippen LogP contribution is 2.07. The highest BCUT2D eigenvalue weighted by Gasteiger charge is 2.08. The molecule has 0 fully saturated rings. The van der Waals surface area contributed by atoms with Crippen molar-refractivity contribution < 1.29 is 23.7 Å². The fraction of sp³-hybridized carbons (Fsp3) is 0.952. The molecule has 0 saturated carbocycles. The topological polar surface area (TPSA) is 54.0 Å². The van der Waals surface area contributed by atoms with Crippen LogP contribution in [0.5, 0.6) is 0 Å². The Morgan fingerprint density at radius 2 is 1.23 bits per heavy atom. The molecule has 156 valence electrons. The van der Waals surface area contributed by atoms with Gasteiger partial charge in [-0.15, -0.1) is 0 Å². The number of hydrogen-bond acceptors (Lipinski definition) is 5. The van der Waals surface area contributed by atoms with E-state index in [1.54, 1.807) is 0 Å². The third-order valence-electron chi connectivity index (χ3n) is 4.10. The molecule has 0 amide bonds. The first-order chi connectivity index (χ1) is 12.7. The maximum absolute atomic E-state index is 11.7.